The van der Waals surface area contributed by atoms with Gasteiger partial charge in [0.15, 0.2) is 5.78 Å². The van der Waals surface area contributed by atoms with Gasteiger partial charge in [0.25, 0.3) is 0 Å². The fourth-order valence-corrected chi connectivity index (χ4v) is 3.21. The Labute approximate surface area is 149 Å². The summed E-state index contributed by atoms with van der Waals surface area (Å²) in [7, 11) is 0. The number of ketones is 1. The molecule has 3 nitrogen and oxygen atoms in total. The van der Waals surface area contributed by atoms with E-state index in [0.717, 1.165) is 52.9 Å². The van der Waals surface area contributed by atoms with Crippen molar-refractivity contribution in [3.05, 3.63) is 70.8 Å². The number of allylic oxidation sites excluding steroid dienone is 2. The Hall–Kier alpha value is -2.81. The zero-order valence-electron chi connectivity index (χ0n) is 14.5. The van der Waals surface area contributed by atoms with E-state index in [1.807, 2.05) is 60.7 Å². The van der Waals surface area contributed by atoms with E-state index in [0.29, 0.717) is 5.92 Å². The summed E-state index contributed by atoms with van der Waals surface area (Å²) in [6, 6.07) is 15.3. The number of carbonyl (C=O) groups excluding carboxylic acids is 1. The van der Waals surface area contributed by atoms with Crippen molar-refractivity contribution in [2.45, 2.75) is 26.2 Å². The average molecular weight is 332 g/mol. The van der Waals surface area contributed by atoms with Crippen LogP contribution in [0.4, 0.5) is 11.4 Å². The summed E-state index contributed by atoms with van der Waals surface area (Å²) in [5, 5.41) is 0. The molecular formula is C22H24N2O. The first-order valence-electron chi connectivity index (χ1n) is 8.72. The summed E-state index contributed by atoms with van der Waals surface area (Å²) in [5.41, 5.74) is 16.7. The third-order valence-electron chi connectivity index (χ3n) is 4.73. The van der Waals surface area contributed by atoms with Crippen LogP contribution in [0.5, 0.6) is 0 Å². The van der Waals surface area contributed by atoms with Gasteiger partial charge in [0.05, 0.1) is 0 Å². The van der Waals surface area contributed by atoms with Crippen molar-refractivity contribution >= 4 is 29.3 Å². The van der Waals surface area contributed by atoms with Crippen LogP contribution in [0.25, 0.3) is 12.2 Å². The molecule has 1 atom stereocenters. The largest absolute Gasteiger partial charge is 0.399 e. The summed E-state index contributed by atoms with van der Waals surface area (Å²) < 4.78 is 0. The molecular weight excluding hydrogens is 308 g/mol. The Morgan fingerprint density at radius 3 is 1.60 bits per heavy atom. The monoisotopic (exact) mass is 332 g/mol. The fraction of sp³-hybridized carbons (Fsp3) is 0.227. The minimum absolute atomic E-state index is 0.151. The molecule has 1 fully saturated rings. The molecule has 2 aromatic rings. The zero-order chi connectivity index (χ0) is 17.8. The molecule has 3 heteroatoms. The third kappa shape index (κ3) is 4.18. The lowest BCUT2D eigenvalue weighted by molar-refractivity contribution is -0.113. The van der Waals surface area contributed by atoms with Crippen LogP contribution < -0.4 is 11.5 Å². The minimum Gasteiger partial charge on any atom is -0.399 e. The Bertz CT molecular complexity index is 747. The maximum Gasteiger partial charge on any atom is 0.185 e. The smallest absolute Gasteiger partial charge is 0.185 e. The number of hydrogen-bond acceptors (Lipinski definition) is 3. The molecule has 1 aliphatic rings. The van der Waals surface area contributed by atoms with Crippen LogP contribution in [0, 0.1) is 5.92 Å². The molecule has 0 aliphatic heterocycles. The Kier molecular flexibility index (Phi) is 5.03. The second kappa shape index (κ2) is 7.39. The van der Waals surface area contributed by atoms with Gasteiger partial charge in [0.2, 0.25) is 0 Å². The highest BCUT2D eigenvalue weighted by molar-refractivity contribution is 6.14. The molecule has 25 heavy (non-hydrogen) atoms. The van der Waals surface area contributed by atoms with Gasteiger partial charge < -0.3 is 11.5 Å². The fourth-order valence-electron chi connectivity index (χ4n) is 3.21. The number of rotatable bonds is 3. The third-order valence-corrected chi connectivity index (χ3v) is 4.73. The van der Waals surface area contributed by atoms with Gasteiger partial charge in [-0.25, -0.2) is 0 Å². The number of anilines is 2. The average Bonchev–Trinajstić information content (AvgIpc) is 2.62. The molecule has 2 aromatic carbocycles. The maximum atomic E-state index is 12.9. The van der Waals surface area contributed by atoms with E-state index in [4.69, 9.17) is 11.5 Å². The van der Waals surface area contributed by atoms with Gasteiger partial charge >= 0.3 is 0 Å². The lowest BCUT2D eigenvalue weighted by atomic mass is 9.78. The topological polar surface area (TPSA) is 69.1 Å². The molecule has 1 unspecified atom stereocenters. The predicted molar refractivity (Wildman–Crippen MR) is 106 cm³/mol. The van der Waals surface area contributed by atoms with Crippen LogP contribution in [-0.4, -0.2) is 5.78 Å². The normalized spacial score (nSPS) is 21.0. The van der Waals surface area contributed by atoms with Gasteiger partial charge in [-0.15, -0.1) is 0 Å². The lowest BCUT2D eigenvalue weighted by Crippen LogP contribution is -2.19. The van der Waals surface area contributed by atoms with E-state index in [1.165, 1.54) is 0 Å². The Balaban J connectivity index is 1.93. The van der Waals surface area contributed by atoms with Gasteiger partial charge in [-0.1, -0.05) is 37.6 Å². The summed E-state index contributed by atoms with van der Waals surface area (Å²) in [6.45, 7) is 2.18. The first kappa shape index (κ1) is 17.0. The van der Waals surface area contributed by atoms with Gasteiger partial charge in [0.1, 0.15) is 0 Å². The van der Waals surface area contributed by atoms with Crippen molar-refractivity contribution in [2.75, 3.05) is 11.5 Å². The molecule has 0 radical (unpaired) electrons. The Morgan fingerprint density at radius 1 is 0.840 bits per heavy atom. The molecule has 0 spiro atoms. The highest BCUT2D eigenvalue weighted by atomic mass is 16.1. The van der Waals surface area contributed by atoms with Crippen LogP contribution >= 0.6 is 0 Å². The molecule has 0 bridgehead atoms. The van der Waals surface area contributed by atoms with Crippen molar-refractivity contribution in [3.63, 3.8) is 0 Å². The van der Waals surface area contributed by atoms with Gasteiger partial charge in [-0.2, -0.15) is 0 Å². The summed E-state index contributed by atoms with van der Waals surface area (Å²) >= 11 is 0. The molecule has 3 rings (SSSR count). The van der Waals surface area contributed by atoms with Crippen molar-refractivity contribution < 1.29 is 4.79 Å². The number of benzene rings is 2. The van der Waals surface area contributed by atoms with Crippen molar-refractivity contribution in [2.24, 2.45) is 5.92 Å². The molecule has 0 saturated heterocycles. The van der Waals surface area contributed by atoms with E-state index in [2.05, 4.69) is 6.92 Å². The number of Topliss-reactive ketones (excluding diaryl/α,β-unsaturated/α-hetero) is 1. The van der Waals surface area contributed by atoms with Crippen LogP contribution in [0.15, 0.2) is 59.7 Å². The standard InChI is InChI=1S/C22H24N2O/c1-2-15-11-18(13-16-3-7-20(23)8-4-16)22(25)19(12-15)14-17-5-9-21(24)10-6-17/h3-10,13-15H,2,11-12,23-24H2,1H3/b18-13-,19-14+. The first-order chi connectivity index (χ1) is 12.0. The number of hydrogen-bond donors (Lipinski definition) is 2. The van der Waals surface area contributed by atoms with Crippen molar-refractivity contribution in [1.29, 1.82) is 0 Å². The quantitative estimate of drug-likeness (QED) is 0.632. The summed E-state index contributed by atoms with van der Waals surface area (Å²) in [4.78, 5) is 12.9. The van der Waals surface area contributed by atoms with E-state index < -0.39 is 0 Å². The van der Waals surface area contributed by atoms with Crippen LogP contribution in [0.3, 0.4) is 0 Å². The molecule has 1 aliphatic carbocycles. The van der Waals surface area contributed by atoms with Gasteiger partial charge in [-0.3, -0.25) is 4.79 Å². The molecule has 1 saturated carbocycles. The second-order valence-electron chi connectivity index (χ2n) is 6.68. The van der Waals surface area contributed by atoms with Crippen LogP contribution in [-0.2, 0) is 4.79 Å². The minimum atomic E-state index is 0.151. The molecule has 4 N–H and O–H groups in total. The van der Waals surface area contributed by atoms with E-state index in [1.54, 1.807) is 0 Å². The van der Waals surface area contributed by atoms with Crippen LogP contribution in [0.1, 0.15) is 37.3 Å². The lowest BCUT2D eigenvalue weighted by Gasteiger charge is -2.25. The number of nitrogens with two attached hydrogens (primary N) is 2. The zero-order valence-corrected chi connectivity index (χ0v) is 14.5. The van der Waals surface area contributed by atoms with E-state index in [-0.39, 0.29) is 5.78 Å². The highest BCUT2D eigenvalue weighted by Crippen LogP contribution is 2.34. The predicted octanol–water partition coefficient (Wildman–Crippen LogP) is 4.71. The number of nitrogen functional groups attached to an aromatic ring is 2. The number of carbonyl (C=O) groups is 1. The first-order valence-corrected chi connectivity index (χ1v) is 8.72. The van der Waals surface area contributed by atoms with Crippen molar-refractivity contribution in [3.8, 4) is 0 Å². The second-order valence-corrected chi connectivity index (χ2v) is 6.68. The van der Waals surface area contributed by atoms with E-state index in [9.17, 15) is 4.79 Å². The summed E-state index contributed by atoms with van der Waals surface area (Å²) in [5.74, 6) is 0.649. The molecule has 128 valence electrons. The maximum absolute atomic E-state index is 12.9. The van der Waals surface area contributed by atoms with Gasteiger partial charge in [-0.05, 0) is 66.3 Å². The summed E-state index contributed by atoms with van der Waals surface area (Å²) in [6.07, 6.45) is 6.73. The molecule has 0 heterocycles. The van der Waals surface area contributed by atoms with E-state index >= 15 is 0 Å². The van der Waals surface area contributed by atoms with Gasteiger partial charge in [0, 0.05) is 22.5 Å². The molecule has 0 aromatic heterocycles. The Morgan fingerprint density at radius 2 is 1.24 bits per heavy atom. The highest BCUT2D eigenvalue weighted by Gasteiger charge is 2.26. The SMILES string of the molecule is CCC1C/C(=C/c2ccc(N)cc2)C(=O)/C(=C/c2ccc(N)cc2)C1. The molecule has 0 amide bonds. The van der Waals surface area contributed by atoms with Crippen LogP contribution in [0.2, 0.25) is 0 Å². The van der Waals surface area contributed by atoms with Crippen molar-refractivity contribution in [1.82, 2.24) is 0 Å².